The second kappa shape index (κ2) is 8.06. The fourth-order valence-corrected chi connectivity index (χ4v) is 2.71. The van der Waals surface area contributed by atoms with Crippen molar-refractivity contribution in [1.82, 2.24) is 15.5 Å². The number of amides is 1. The number of aromatic amines is 1. The van der Waals surface area contributed by atoms with Gasteiger partial charge in [-0.05, 0) is 43.7 Å². The Labute approximate surface area is 157 Å². The minimum Gasteiger partial charge on any atom is -0.491 e. The second-order valence-electron chi connectivity index (χ2n) is 6.14. The monoisotopic (exact) mass is 369 g/mol. The van der Waals surface area contributed by atoms with Gasteiger partial charge in [-0.2, -0.15) is 5.10 Å². The summed E-state index contributed by atoms with van der Waals surface area (Å²) in [4.78, 5) is 12.3. The second-order valence-corrected chi connectivity index (χ2v) is 6.55. The van der Waals surface area contributed by atoms with E-state index >= 15 is 0 Å². The number of nitrogens with one attached hydrogen (secondary N) is 2. The van der Waals surface area contributed by atoms with Crippen LogP contribution in [0.5, 0.6) is 5.75 Å². The number of hydrogen-bond donors (Lipinski definition) is 2. The lowest BCUT2D eigenvalue weighted by atomic mass is 10.1. The van der Waals surface area contributed by atoms with E-state index in [-0.39, 0.29) is 12.0 Å². The number of H-pyrrole nitrogens is 1. The Morgan fingerprint density at radius 1 is 1.19 bits per heavy atom. The predicted molar refractivity (Wildman–Crippen MR) is 102 cm³/mol. The van der Waals surface area contributed by atoms with Crippen molar-refractivity contribution in [2.75, 3.05) is 0 Å². The molecule has 1 heterocycles. The van der Waals surface area contributed by atoms with Crippen LogP contribution in [0.2, 0.25) is 5.02 Å². The van der Waals surface area contributed by atoms with E-state index in [0.717, 1.165) is 16.9 Å². The molecule has 0 bridgehead atoms. The standard InChI is InChI=1S/C20H20ClN3O2/c1-13(2)26-15-9-7-14(8-10-15)12-22-20(25)19-11-18(23-24-19)16-5-3-4-6-17(16)21/h3-11,13H,12H2,1-2H3,(H,22,25)(H,23,24). The molecule has 0 fully saturated rings. The molecule has 2 N–H and O–H groups in total. The molecule has 0 spiro atoms. The van der Waals surface area contributed by atoms with Gasteiger partial charge >= 0.3 is 0 Å². The van der Waals surface area contributed by atoms with Gasteiger partial charge in [0.15, 0.2) is 0 Å². The van der Waals surface area contributed by atoms with Gasteiger partial charge in [0, 0.05) is 12.1 Å². The summed E-state index contributed by atoms with van der Waals surface area (Å²) in [6, 6.07) is 16.7. The van der Waals surface area contributed by atoms with Crippen LogP contribution in [0.15, 0.2) is 54.6 Å². The summed E-state index contributed by atoms with van der Waals surface area (Å²) >= 11 is 6.17. The quantitative estimate of drug-likeness (QED) is 0.674. The van der Waals surface area contributed by atoms with E-state index in [1.54, 1.807) is 12.1 Å². The molecule has 1 amide bonds. The first-order valence-electron chi connectivity index (χ1n) is 8.37. The van der Waals surface area contributed by atoms with Crippen LogP contribution in [-0.2, 0) is 6.54 Å². The van der Waals surface area contributed by atoms with Gasteiger partial charge < -0.3 is 10.1 Å². The average Bonchev–Trinajstić information content (AvgIpc) is 3.11. The van der Waals surface area contributed by atoms with Crippen molar-refractivity contribution < 1.29 is 9.53 Å². The van der Waals surface area contributed by atoms with Crippen LogP contribution >= 0.6 is 11.6 Å². The Balaban J connectivity index is 1.61. The van der Waals surface area contributed by atoms with Gasteiger partial charge in [0.1, 0.15) is 11.4 Å². The first-order chi connectivity index (χ1) is 12.5. The van der Waals surface area contributed by atoms with Crippen molar-refractivity contribution in [1.29, 1.82) is 0 Å². The van der Waals surface area contributed by atoms with Crippen molar-refractivity contribution in [3.63, 3.8) is 0 Å². The van der Waals surface area contributed by atoms with Crippen LogP contribution in [0, 0.1) is 0 Å². The summed E-state index contributed by atoms with van der Waals surface area (Å²) in [5.74, 6) is 0.589. The smallest absolute Gasteiger partial charge is 0.269 e. The molecule has 5 nitrogen and oxygen atoms in total. The topological polar surface area (TPSA) is 67.0 Å². The molecule has 0 aliphatic carbocycles. The van der Waals surface area contributed by atoms with Crippen molar-refractivity contribution in [3.8, 4) is 17.0 Å². The highest BCUT2D eigenvalue weighted by Crippen LogP contribution is 2.26. The zero-order chi connectivity index (χ0) is 18.5. The van der Waals surface area contributed by atoms with E-state index in [2.05, 4.69) is 15.5 Å². The maximum Gasteiger partial charge on any atom is 0.269 e. The summed E-state index contributed by atoms with van der Waals surface area (Å²) in [5.41, 5.74) is 2.79. The number of halogens is 1. The highest BCUT2D eigenvalue weighted by molar-refractivity contribution is 6.33. The molecule has 1 aromatic heterocycles. The van der Waals surface area contributed by atoms with Crippen molar-refractivity contribution in [2.45, 2.75) is 26.5 Å². The molecule has 3 aromatic rings. The molecule has 0 aliphatic heterocycles. The van der Waals surface area contributed by atoms with Crippen LogP contribution in [0.4, 0.5) is 0 Å². The number of nitrogens with zero attached hydrogens (tertiary/aromatic N) is 1. The fraction of sp³-hybridized carbons (Fsp3) is 0.200. The summed E-state index contributed by atoms with van der Waals surface area (Å²) in [6.45, 7) is 4.38. The van der Waals surface area contributed by atoms with Gasteiger partial charge in [0.25, 0.3) is 5.91 Å². The molecule has 3 rings (SSSR count). The van der Waals surface area contributed by atoms with Crippen LogP contribution in [0.1, 0.15) is 29.9 Å². The molecule has 6 heteroatoms. The zero-order valence-corrected chi connectivity index (χ0v) is 15.4. The lowest BCUT2D eigenvalue weighted by Gasteiger charge is -2.10. The molecule has 0 atom stereocenters. The highest BCUT2D eigenvalue weighted by atomic mass is 35.5. The number of aromatic nitrogens is 2. The number of benzene rings is 2. The normalized spacial score (nSPS) is 10.8. The third-order valence-corrected chi connectivity index (χ3v) is 4.05. The molecule has 134 valence electrons. The molecule has 0 aliphatic rings. The molecule has 26 heavy (non-hydrogen) atoms. The number of carbonyl (C=O) groups is 1. The van der Waals surface area contributed by atoms with Gasteiger partial charge in [-0.25, -0.2) is 0 Å². The van der Waals surface area contributed by atoms with E-state index in [0.29, 0.717) is 23.0 Å². The van der Waals surface area contributed by atoms with Crippen molar-refractivity contribution in [3.05, 3.63) is 70.9 Å². The van der Waals surface area contributed by atoms with Crippen LogP contribution < -0.4 is 10.1 Å². The Bertz CT molecular complexity index is 888. The number of hydrogen-bond acceptors (Lipinski definition) is 3. The number of ether oxygens (including phenoxy) is 1. The van der Waals surface area contributed by atoms with Crippen molar-refractivity contribution in [2.24, 2.45) is 0 Å². The molecule has 2 aromatic carbocycles. The highest BCUT2D eigenvalue weighted by Gasteiger charge is 2.12. The Kier molecular flexibility index (Phi) is 5.58. The van der Waals surface area contributed by atoms with E-state index in [1.165, 1.54) is 0 Å². The van der Waals surface area contributed by atoms with Gasteiger partial charge in [0.2, 0.25) is 0 Å². The van der Waals surface area contributed by atoms with Crippen LogP contribution in [0.25, 0.3) is 11.3 Å². The van der Waals surface area contributed by atoms with Gasteiger partial charge in [-0.15, -0.1) is 0 Å². The Morgan fingerprint density at radius 2 is 1.92 bits per heavy atom. The molecular formula is C20H20ClN3O2. The zero-order valence-electron chi connectivity index (χ0n) is 14.6. The number of rotatable bonds is 6. The van der Waals surface area contributed by atoms with Gasteiger partial charge in [-0.1, -0.05) is 41.9 Å². The van der Waals surface area contributed by atoms with Crippen LogP contribution in [-0.4, -0.2) is 22.2 Å². The summed E-state index contributed by atoms with van der Waals surface area (Å²) in [5, 5.41) is 10.4. The summed E-state index contributed by atoms with van der Waals surface area (Å²) in [6.07, 6.45) is 0.133. The van der Waals surface area contributed by atoms with Crippen molar-refractivity contribution >= 4 is 17.5 Å². The molecule has 0 saturated heterocycles. The van der Waals surface area contributed by atoms with E-state index < -0.39 is 0 Å². The van der Waals surface area contributed by atoms with Gasteiger partial charge in [-0.3, -0.25) is 9.89 Å². The minimum atomic E-state index is -0.224. The fourth-order valence-electron chi connectivity index (χ4n) is 2.48. The largest absolute Gasteiger partial charge is 0.491 e. The molecule has 0 saturated carbocycles. The summed E-state index contributed by atoms with van der Waals surface area (Å²) < 4.78 is 5.61. The van der Waals surface area contributed by atoms with E-state index in [1.807, 2.05) is 56.3 Å². The Morgan fingerprint density at radius 3 is 2.62 bits per heavy atom. The molecule has 0 radical (unpaired) electrons. The third-order valence-electron chi connectivity index (χ3n) is 3.72. The maximum atomic E-state index is 12.3. The first kappa shape index (κ1) is 18.0. The molecular weight excluding hydrogens is 350 g/mol. The predicted octanol–water partition coefficient (Wildman–Crippen LogP) is 4.45. The van der Waals surface area contributed by atoms with Gasteiger partial charge in [0.05, 0.1) is 16.8 Å². The summed E-state index contributed by atoms with van der Waals surface area (Å²) in [7, 11) is 0. The average molecular weight is 370 g/mol. The lowest BCUT2D eigenvalue weighted by Crippen LogP contribution is -2.23. The SMILES string of the molecule is CC(C)Oc1ccc(CNC(=O)c2cc(-c3ccccc3Cl)n[nH]2)cc1. The number of carbonyl (C=O) groups excluding carboxylic acids is 1. The first-order valence-corrected chi connectivity index (χ1v) is 8.75. The van der Waals surface area contributed by atoms with E-state index in [9.17, 15) is 4.79 Å². The lowest BCUT2D eigenvalue weighted by molar-refractivity contribution is 0.0946. The third kappa shape index (κ3) is 4.43. The van der Waals surface area contributed by atoms with Crippen LogP contribution in [0.3, 0.4) is 0 Å². The Hall–Kier alpha value is -2.79. The molecule has 0 unspecified atom stereocenters. The van der Waals surface area contributed by atoms with E-state index in [4.69, 9.17) is 16.3 Å². The minimum absolute atomic E-state index is 0.133. The maximum absolute atomic E-state index is 12.3.